The highest BCUT2D eigenvalue weighted by molar-refractivity contribution is 6.30. The van der Waals surface area contributed by atoms with Gasteiger partial charge in [0.2, 0.25) is 0 Å². The molecule has 2 atom stereocenters. The molecule has 1 aliphatic rings. The van der Waals surface area contributed by atoms with Crippen LogP contribution in [0.5, 0.6) is 5.75 Å². The lowest BCUT2D eigenvalue weighted by Crippen LogP contribution is -2.59. The van der Waals surface area contributed by atoms with Crippen LogP contribution in [0, 0.1) is 0 Å². The van der Waals surface area contributed by atoms with Crippen LogP contribution in [-0.4, -0.2) is 68.3 Å². The number of amides is 2. The third kappa shape index (κ3) is 7.08. The quantitative estimate of drug-likeness (QED) is 0.205. The molecule has 0 N–H and O–H groups in total. The number of carbonyl (C=O) groups excluding carboxylic acids is 1. The second-order valence-electron chi connectivity index (χ2n) is 13.3. The van der Waals surface area contributed by atoms with Gasteiger partial charge in [0.15, 0.2) is 0 Å². The Morgan fingerprint density at radius 3 is 1.87 bits per heavy atom. The minimum Gasteiger partial charge on any atom is -0.490 e. The topological polar surface area (TPSA) is 63.6 Å². The fourth-order valence-electron chi connectivity index (χ4n) is 5.94. The van der Waals surface area contributed by atoms with Gasteiger partial charge >= 0.3 is 6.03 Å². The summed E-state index contributed by atoms with van der Waals surface area (Å²) in [5.41, 5.74) is 1.53. The van der Waals surface area contributed by atoms with Crippen molar-refractivity contribution in [3.05, 3.63) is 99.0 Å². The van der Waals surface area contributed by atoms with Crippen LogP contribution in [0.4, 0.5) is 4.79 Å². The maximum absolute atomic E-state index is 15.1. The molecule has 3 aromatic carbocycles. The molecule has 0 aromatic heterocycles. The van der Waals surface area contributed by atoms with E-state index in [1.165, 1.54) is 0 Å². The molecule has 0 bridgehead atoms. The summed E-state index contributed by atoms with van der Waals surface area (Å²) in [4.78, 5) is 24.2. The normalized spacial score (nSPS) is 19.8. The van der Waals surface area contributed by atoms with Crippen molar-refractivity contribution >= 4 is 35.1 Å². The Hall–Kier alpha value is -3.10. The van der Waals surface area contributed by atoms with Crippen molar-refractivity contribution in [2.24, 2.45) is 4.99 Å². The molecular formula is C37H47Cl2N3O4. The Bertz CT molecular complexity index is 1530. The molecule has 248 valence electrons. The van der Waals surface area contributed by atoms with Crippen LogP contribution in [-0.2, 0) is 26.0 Å². The number of ether oxygens (including phenoxy) is 3. The predicted molar refractivity (Wildman–Crippen MR) is 188 cm³/mol. The Labute approximate surface area is 284 Å². The first-order valence-electron chi connectivity index (χ1n) is 15.7. The third-order valence-corrected chi connectivity index (χ3v) is 9.30. The van der Waals surface area contributed by atoms with Crippen LogP contribution in [0.1, 0.15) is 70.7 Å². The lowest BCUT2D eigenvalue weighted by atomic mass is 9.71. The highest BCUT2D eigenvalue weighted by atomic mass is 35.5. The molecule has 4 rings (SSSR count). The third-order valence-electron chi connectivity index (χ3n) is 8.79. The maximum atomic E-state index is 15.1. The number of hydrogen-bond acceptors (Lipinski definition) is 5. The van der Waals surface area contributed by atoms with Gasteiger partial charge in [0.25, 0.3) is 0 Å². The summed E-state index contributed by atoms with van der Waals surface area (Å²) in [6, 6.07) is 21.3. The molecule has 1 aliphatic heterocycles. The number of benzene rings is 3. The highest BCUT2D eigenvalue weighted by Gasteiger charge is 2.60. The molecule has 0 saturated heterocycles. The molecule has 7 nitrogen and oxygen atoms in total. The van der Waals surface area contributed by atoms with Crippen LogP contribution in [0.3, 0.4) is 0 Å². The van der Waals surface area contributed by atoms with Gasteiger partial charge in [0.1, 0.15) is 22.7 Å². The van der Waals surface area contributed by atoms with Gasteiger partial charge < -0.3 is 19.1 Å². The number of halogens is 2. The summed E-state index contributed by atoms with van der Waals surface area (Å²) in [5.74, 6) is 1.17. The Morgan fingerprint density at radius 1 is 0.870 bits per heavy atom. The largest absolute Gasteiger partial charge is 0.490 e. The molecule has 0 aliphatic carbocycles. The predicted octanol–water partition coefficient (Wildman–Crippen LogP) is 8.69. The maximum Gasteiger partial charge on any atom is 0.326 e. The van der Waals surface area contributed by atoms with Crippen molar-refractivity contribution < 1.29 is 19.0 Å². The lowest BCUT2D eigenvalue weighted by molar-refractivity contribution is 0.0834. The van der Waals surface area contributed by atoms with Crippen LogP contribution < -0.4 is 4.74 Å². The van der Waals surface area contributed by atoms with E-state index in [9.17, 15) is 0 Å². The lowest BCUT2D eigenvalue weighted by Gasteiger charge is -2.46. The molecule has 0 spiro atoms. The fraction of sp³-hybridized carbons (Fsp3) is 0.459. The summed E-state index contributed by atoms with van der Waals surface area (Å²) in [6.07, 6.45) is -0.106. The summed E-state index contributed by atoms with van der Waals surface area (Å²) in [6.45, 7) is 16.1. The van der Waals surface area contributed by atoms with Crippen LogP contribution in [0.2, 0.25) is 10.0 Å². The summed E-state index contributed by atoms with van der Waals surface area (Å²) < 4.78 is 17.3. The van der Waals surface area contributed by atoms with Gasteiger partial charge in [-0.2, -0.15) is 0 Å². The van der Waals surface area contributed by atoms with Gasteiger partial charge in [-0.25, -0.2) is 4.79 Å². The minimum absolute atomic E-state index is 0.106. The molecule has 2 unspecified atom stereocenters. The number of methoxy groups -OCH3 is 2. The monoisotopic (exact) mass is 667 g/mol. The van der Waals surface area contributed by atoms with Gasteiger partial charge in [-0.1, -0.05) is 74.3 Å². The second kappa shape index (κ2) is 14.3. The first kappa shape index (κ1) is 35.7. The number of amidine groups is 1. The zero-order valence-corrected chi connectivity index (χ0v) is 30.0. The van der Waals surface area contributed by atoms with E-state index < -0.39 is 11.1 Å². The first-order valence-corrected chi connectivity index (χ1v) is 16.4. The molecular weight excluding hydrogens is 621 g/mol. The highest BCUT2D eigenvalue weighted by Crippen LogP contribution is 2.54. The number of carbonyl (C=O) groups is 1. The van der Waals surface area contributed by atoms with Gasteiger partial charge in [-0.15, -0.1) is 0 Å². The van der Waals surface area contributed by atoms with Crippen molar-refractivity contribution in [2.75, 3.05) is 40.5 Å². The molecule has 0 radical (unpaired) electrons. The van der Waals surface area contributed by atoms with E-state index in [0.29, 0.717) is 47.9 Å². The summed E-state index contributed by atoms with van der Waals surface area (Å²) >= 11 is 12.8. The standard InChI is InChI=1S/C37H47Cl2N3O4/c1-25(2)46-32-24-28(35(3,4)5)14-19-31(32)33-40-36(6,26-10-15-29(38)16-11-26)37(7,27-12-17-30(39)18-13-27)42(33)34(43)41(20-22-44-8)21-23-45-9/h10-19,24-25H,20-23H2,1-9H3. The van der Waals surface area contributed by atoms with Crippen LogP contribution >= 0.6 is 23.2 Å². The molecule has 2 amide bonds. The smallest absolute Gasteiger partial charge is 0.326 e. The second-order valence-corrected chi connectivity index (χ2v) is 14.2. The van der Waals surface area contributed by atoms with Gasteiger partial charge in [0.05, 0.1) is 24.9 Å². The van der Waals surface area contributed by atoms with Gasteiger partial charge in [-0.05, 0) is 86.2 Å². The molecule has 3 aromatic rings. The molecule has 9 heteroatoms. The van der Waals surface area contributed by atoms with Crippen LogP contribution in [0.15, 0.2) is 71.7 Å². The summed E-state index contributed by atoms with van der Waals surface area (Å²) in [5, 5.41) is 1.22. The van der Waals surface area contributed by atoms with Crippen molar-refractivity contribution in [1.29, 1.82) is 0 Å². The van der Waals surface area contributed by atoms with Crippen molar-refractivity contribution in [2.45, 2.75) is 71.1 Å². The average Bonchev–Trinajstić information content (AvgIpc) is 3.24. The van der Waals surface area contributed by atoms with E-state index in [1.54, 1.807) is 19.1 Å². The molecule has 1 heterocycles. The molecule has 0 saturated carbocycles. The van der Waals surface area contributed by atoms with Gasteiger partial charge in [0, 0.05) is 37.4 Å². The van der Waals surface area contributed by atoms with Crippen molar-refractivity contribution in [3.63, 3.8) is 0 Å². The SMILES string of the molecule is COCCN(CCOC)C(=O)N1C(c2ccc(C(C)(C)C)cc2OC(C)C)=NC(C)(c2ccc(Cl)cc2)C1(C)c1ccc(Cl)cc1. The molecule has 0 fully saturated rings. The van der Waals surface area contributed by atoms with E-state index >= 15 is 4.79 Å². The van der Waals surface area contributed by atoms with Crippen molar-refractivity contribution in [1.82, 2.24) is 9.80 Å². The van der Waals surface area contributed by atoms with Gasteiger partial charge in [-0.3, -0.25) is 9.89 Å². The Kier molecular flexibility index (Phi) is 11.1. The fourth-order valence-corrected chi connectivity index (χ4v) is 6.19. The van der Waals surface area contributed by atoms with E-state index in [4.69, 9.17) is 42.4 Å². The average molecular weight is 669 g/mol. The Morgan fingerprint density at radius 2 is 1.39 bits per heavy atom. The van der Waals surface area contributed by atoms with E-state index in [-0.39, 0.29) is 17.6 Å². The first-order chi connectivity index (χ1) is 21.7. The van der Waals surface area contributed by atoms with E-state index in [0.717, 1.165) is 22.3 Å². The number of hydrogen-bond donors (Lipinski definition) is 0. The zero-order chi connectivity index (χ0) is 33.9. The minimum atomic E-state index is -1.02. The van der Waals surface area contributed by atoms with Crippen LogP contribution in [0.25, 0.3) is 0 Å². The number of rotatable bonds is 11. The van der Waals surface area contributed by atoms with E-state index in [2.05, 4.69) is 46.8 Å². The van der Waals surface area contributed by atoms with Crippen molar-refractivity contribution in [3.8, 4) is 5.75 Å². The Balaban J connectivity index is 2.08. The number of nitrogens with zero attached hydrogens (tertiary/aromatic N) is 3. The molecule has 46 heavy (non-hydrogen) atoms. The summed E-state index contributed by atoms with van der Waals surface area (Å²) in [7, 11) is 3.26. The number of urea groups is 1. The van der Waals surface area contributed by atoms with E-state index in [1.807, 2.05) is 73.3 Å². The zero-order valence-electron chi connectivity index (χ0n) is 28.5. The number of aliphatic imine (C=N–C) groups is 1.